The van der Waals surface area contributed by atoms with Crippen molar-refractivity contribution >= 4 is 43.0 Å². The van der Waals surface area contributed by atoms with Gasteiger partial charge in [0.2, 0.25) is 0 Å². The first-order valence-electron chi connectivity index (χ1n) is 8.69. The lowest BCUT2D eigenvalue weighted by Crippen LogP contribution is -2.37. The Morgan fingerprint density at radius 2 is 1.69 bits per heavy atom. The number of ether oxygens (including phenoxy) is 1. The number of nitrogens with zero attached hydrogens (tertiary/aromatic N) is 4. The molecular formula is C20H16Br2N4O3. The summed E-state index contributed by atoms with van der Waals surface area (Å²) in [7, 11) is 3.06. The Morgan fingerprint density at radius 3 is 2.38 bits per heavy atom. The highest BCUT2D eigenvalue weighted by molar-refractivity contribution is 9.10. The number of aromatic nitrogens is 4. The summed E-state index contributed by atoms with van der Waals surface area (Å²) in [6.07, 6.45) is 0. The highest BCUT2D eigenvalue weighted by Crippen LogP contribution is 2.25. The first-order valence-corrected chi connectivity index (χ1v) is 10.3. The Hall–Kier alpha value is -2.65. The number of benzene rings is 2. The second kappa shape index (κ2) is 7.64. The summed E-state index contributed by atoms with van der Waals surface area (Å²) in [6.45, 7) is 0.418. The van der Waals surface area contributed by atoms with Crippen molar-refractivity contribution in [3.8, 4) is 11.5 Å². The van der Waals surface area contributed by atoms with Gasteiger partial charge in [-0.1, -0.05) is 34.1 Å². The fourth-order valence-electron chi connectivity index (χ4n) is 3.08. The molecule has 0 aliphatic heterocycles. The van der Waals surface area contributed by atoms with Crippen molar-refractivity contribution in [1.82, 2.24) is 18.7 Å². The third-order valence-corrected chi connectivity index (χ3v) is 5.70. The Kier molecular flexibility index (Phi) is 5.18. The zero-order valence-corrected chi connectivity index (χ0v) is 18.8. The van der Waals surface area contributed by atoms with Gasteiger partial charge in [-0.3, -0.25) is 13.9 Å². The molecule has 0 radical (unpaired) electrons. The largest absolute Gasteiger partial charge is 0.457 e. The number of hydrogen-bond donors (Lipinski definition) is 0. The predicted molar refractivity (Wildman–Crippen MR) is 118 cm³/mol. The lowest BCUT2D eigenvalue weighted by Gasteiger charge is -2.09. The topological polar surface area (TPSA) is 71.0 Å². The van der Waals surface area contributed by atoms with E-state index in [1.54, 1.807) is 11.6 Å². The van der Waals surface area contributed by atoms with E-state index in [4.69, 9.17) is 4.74 Å². The molecule has 0 saturated carbocycles. The normalized spacial score (nSPS) is 11.2. The number of imidazole rings is 1. The van der Waals surface area contributed by atoms with Gasteiger partial charge in [0.15, 0.2) is 15.9 Å². The van der Waals surface area contributed by atoms with Gasteiger partial charge in [0.25, 0.3) is 5.56 Å². The van der Waals surface area contributed by atoms with Gasteiger partial charge in [0, 0.05) is 18.6 Å². The SMILES string of the molecule is Cn1c(=O)c2c(nc(Br)n2Cc2ccc(Oc3cccc(Br)c3)cc2)n(C)c1=O. The molecule has 0 amide bonds. The molecular weight excluding hydrogens is 504 g/mol. The number of rotatable bonds is 4. The summed E-state index contributed by atoms with van der Waals surface area (Å²) in [5.41, 5.74) is 0.891. The van der Waals surface area contributed by atoms with Crippen molar-refractivity contribution < 1.29 is 4.74 Å². The summed E-state index contributed by atoms with van der Waals surface area (Å²) >= 11 is 6.83. The van der Waals surface area contributed by atoms with Gasteiger partial charge >= 0.3 is 5.69 Å². The van der Waals surface area contributed by atoms with E-state index in [0.29, 0.717) is 28.2 Å². The summed E-state index contributed by atoms with van der Waals surface area (Å²) in [5, 5.41) is 0. The van der Waals surface area contributed by atoms with Gasteiger partial charge in [-0.15, -0.1) is 0 Å². The fourth-order valence-corrected chi connectivity index (χ4v) is 3.93. The Labute approximate surface area is 182 Å². The van der Waals surface area contributed by atoms with Crippen molar-refractivity contribution in [2.24, 2.45) is 14.1 Å². The number of fused-ring (bicyclic) bond motifs is 1. The number of aryl methyl sites for hydroxylation is 1. The van der Waals surface area contributed by atoms with Crippen LogP contribution in [-0.4, -0.2) is 18.7 Å². The molecule has 0 bridgehead atoms. The van der Waals surface area contributed by atoms with Crippen molar-refractivity contribution in [2.45, 2.75) is 6.54 Å². The zero-order chi connectivity index (χ0) is 20.7. The van der Waals surface area contributed by atoms with Crippen LogP contribution in [0.15, 0.2) is 67.3 Å². The Morgan fingerprint density at radius 1 is 0.966 bits per heavy atom. The van der Waals surface area contributed by atoms with Gasteiger partial charge in [-0.05, 0) is 51.8 Å². The first-order chi connectivity index (χ1) is 13.8. The minimum Gasteiger partial charge on any atom is -0.457 e. The molecule has 0 unspecified atom stereocenters. The van der Waals surface area contributed by atoms with Gasteiger partial charge in [0.05, 0.1) is 6.54 Å². The average molecular weight is 520 g/mol. The molecule has 0 atom stereocenters. The predicted octanol–water partition coefficient (Wildman–Crippen LogP) is 3.80. The molecule has 0 N–H and O–H groups in total. The Balaban J connectivity index is 1.66. The van der Waals surface area contributed by atoms with E-state index in [1.807, 2.05) is 48.5 Å². The molecule has 0 saturated heterocycles. The van der Waals surface area contributed by atoms with E-state index in [2.05, 4.69) is 36.8 Å². The number of halogens is 2. The van der Waals surface area contributed by atoms with Crippen LogP contribution in [0.3, 0.4) is 0 Å². The van der Waals surface area contributed by atoms with E-state index >= 15 is 0 Å². The smallest absolute Gasteiger partial charge is 0.332 e. The maximum absolute atomic E-state index is 12.7. The molecule has 7 nitrogen and oxygen atoms in total. The highest BCUT2D eigenvalue weighted by Gasteiger charge is 2.18. The summed E-state index contributed by atoms with van der Waals surface area (Å²) < 4.78 is 11.5. The molecule has 0 spiro atoms. The molecule has 0 aliphatic rings. The second-order valence-electron chi connectivity index (χ2n) is 6.55. The van der Waals surface area contributed by atoms with E-state index in [1.165, 1.54) is 11.6 Å². The van der Waals surface area contributed by atoms with Crippen LogP contribution in [0.2, 0.25) is 0 Å². The summed E-state index contributed by atoms with van der Waals surface area (Å²) in [6, 6.07) is 15.2. The molecule has 2 aromatic heterocycles. The van der Waals surface area contributed by atoms with Crippen LogP contribution in [0.4, 0.5) is 0 Å². The van der Waals surface area contributed by atoms with Crippen LogP contribution in [0.1, 0.15) is 5.56 Å². The van der Waals surface area contributed by atoms with Crippen LogP contribution >= 0.6 is 31.9 Å². The van der Waals surface area contributed by atoms with Crippen LogP contribution in [0, 0.1) is 0 Å². The van der Waals surface area contributed by atoms with Gasteiger partial charge in [-0.25, -0.2) is 9.78 Å². The average Bonchev–Trinajstić information content (AvgIpc) is 3.03. The minimum atomic E-state index is -0.409. The van der Waals surface area contributed by atoms with E-state index in [0.717, 1.165) is 20.4 Å². The van der Waals surface area contributed by atoms with Crippen LogP contribution in [0.5, 0.6) is 11.5 Å². The molecule has 148 valence electrons. The van der Waals surface area contributed by atoms with Crippen molar-refractivity contribution in [1.29, 1.82) is 0 Å². The maximum atomic E-state index is 12.7. The van der Waals surface area contributed by atoms with E-state index in [-0.39, 0.29) is 5.56 Å². The standard InChI is InChI=1S/C20H16Br2N4O3/c1-24-17-16(18(27)25(2)20(24)28)26(19(22)23-17)11-12-6-8-14(9-7-12)29-15-5-3-4-13(21)10-15/h3-10H,11H2,1-2H3. The molecule has 4 rings (SSSR count). The molecule has 0 fully saturated rings. The summed E-state index contributed by atoms with van der Waals surface area (Å²) in [4.78, 5) is 29.1. The van der Waals surface area contributed by atoms with Crippen molar-refractivity contribution in [3.05, 3.63) is 84.1 Å². The monoisotopic (exact) mass is 518 g/mol. The lowest BCUT2D eigenvalue weighted by atomic mass is 10.2. The molecule has 2 aromatic carbocycles. The third kappa shape index (κ3) is 3.67. The molecule has 2 heterocycles. The van der Waals surface area contributed by atoms with Gasteiger partial charge in [0.1, 0.15) is 11.5 Å². The number of hydrogen-bond acceptors (Lipinski definition) is 4. The first kappa shape index (κ1) is 19.7. The lowest BCUT2D eigenvalue weighted by molar-refractivity contribution is 0.482. The highest BCUT2D eigenvalue weighted by atomic mass is 79.9. The maximum Gasteiger partial charge on any atom is 0.332 e. The second-order valence-corrected chi connectivity index (χ2v) is 8.17. The summed E-state index contributed by atoms with van der Waals surface area (Å²) in [5.74, 6) is 1.44. The molecule has 4 aromatic rings. The van der Waals surface area contributed by atoms with Crippen molar-refractivity contribution in [3.63, 3.8) is 0 Å². The van der Waals surface area contributed by atoms with E-state index < -0.39 is 5.69 Å². The fraction of sp³-hybridized carbons (Fsp3) is 0.150. The van der Waals surface area contributed by atoms with Crippen LogP contribution in [0.25, 0.3) is 11.2 Å². The quantitative estimate of drug-likeness (QED) is 0.384. The Bertz CT molecular complexity index is 1340. The minimum absolute atomic E-state index is 0.347. The molecule has 0 aliphatic carbocycles. The van der Waals surface area contributed by atoms with Crippen LogP contribution in [-0.2, 0) is 20.6 Å². The van der Waals surface area contributed by atoms with Crippen molar-refractivity contribution in [2.75, 3.05) is 0 Å². The third-order valence-electron chi connectivity index (χ3n) is 4.60. The van der Waals surface area contributed by atoms with Gasteiger partial charge in [-0.2, -0.15) is 0 Å². The van der Waals surface area contributed by atoms with E-state index in [9.17, 15) is 9.59 Å². The van der Waals surface area contributed by atoms with Gasteiger partial charge < -0.3 is 9.30 Å². The zero-order valence-electron chi connectivity index (χ0n) is 15.6. The van der Waals surface area contributed by atoms with Crippen LogP contribution < -0.4 is 16.0 Å². The molecule has 9 heteroatoms. The molecule has 29 heavy (non-hydrogen) atoms.